The van der Waals surface area contributed by atoms with Crippen LogP contribution in [0.4, 0.5) is 0 Å². The van der Waals surface area contributed by atoms with Gasteiger partial charge in [-0.3, -0.25) is 4.79 Å². The Morgan fingerprint density at radius 3 is 2.85 bits per heavy atom. The van der Waals surface area contributed by atoms with Gasteiger partial charge in [-0.2, -0.15) is 0 Å². The molecule has 0 bridgehead atoms. The van der Waals surface area contributed by atoms with Crippen molar-refractivity contribution in [3.05, 3.63) is 28.8 Å². The third-order valence-electron chi connectivity index (χ3n) is 3.33. The van der Waals surface area contributed by atoms with Crippen LogP contribution in [0.1, 0.15) is 38.8 Å². The number of ether oxygens (including phenoxy) is 1. The molecule has 5 heteroatoms. The number of para-hydroxylation sites is 1. The molecule has 110 valence electrons. The lowest BCUT2D eigenvalue weighted by atomic mass is 9.91. The maximum Gasteiger partial charge on any atom is 0.234 e. The SMILES string of the molecule is CC(C)(C)[C@H](Br)C(=O)N[C@@H]1CCOc2c(Cl)cccc21. The maximum atomic E-state index is 12.3. The van der Waals surface area contributed by atoms with Crippen LogP contribution >= 0.6 is 27.5 Å². The van der Waals surface area contributed by atoms with E-state index in [0.29, 0.717) is 17.4 Å². The predicted molar refractivity (Wildman–Crippen MR) is 84.6 cm³/mol. The van der Waals surface area contributed by atoms with Crippen molar-refractivity contribution in [1.82, 2.24) is 5.32 Å². The number of alkyl halides is 1. The van der Waals surface area contributed by atoms with E-state index in [9.17, 15) is 4.79 Å². The summed E-state index contributed by atoms with van der Waals surface area (Å²) in [6, 6.07) is 5.58. The number of halogens is 2. The molecule has 0 radical (unpaired) electrons. The Hall–Kier alpha value is -0.740. The molecule has 0 saturated heterocycles. The lowest BCUT2D eigenvalue weighted by molar-refractivity contribution is -0.122. The van der Waals surface area contributed by atoms with Gasteiger partial charge in [0.15, 0.2) is 0 Å². The minimum absolute atomic E-state index is 0.00433. The Balaban J connectivity index is 2.17. The first-order valence-electron chi connectivity index (χ1n) is 6.66. The third-order valence-corrected chi connectivity index (χ3v) is 5.42. The second-order valence-electron chi connectivity index (χ2n) is 6.09. The van der Waals surface area contributed by atoms with Crippen LogP contribution in [-0.2, 0) is 4.79 Å². The first-order valence-corrected chi connectivity index (χ1v) is 7.95. The summed E-state index contributed by atoms with van der Waals surface area (Å²) in [6.45, 7) is 6.65. The van der Waals surface area contributed by atoms with Crippen LogP contribution in [0.2, 0.25) is 5.02 Å². The van der Waals surface area contributed by atoms with Gasteiger partial charge in [0, 0.05) is 12.0 Å². The highest BCUT2D eigenvalue weighted by Crippen LogP contribution is 2.38. The minimum Gasteiger partial charge on any atom is -0.492 e. The van der Waals surface area contributed by atoms with Crippen molar-refractivity contribution in [2.24, 2.45) is 5.41 Å². The molecule has 0 fully saturated rings. The van der Waals surface area contributed by atoms with E-state index in [1.165, 1.54) is 0 Å². The standard InChI is InChI=1S/C15H19BrClNO2/c1-15(2,3)13(16)14(19)18-11-7-8-20-12-9(11)5-4-6-10(12)17/h4-6,11,13H,7-8H2,1-3H3,(H,18,19)/t11-,13-/m1/s1. The summed E-state index contributed by atoms with van der Waals surface area (Å²) in [5.41, 5.74) is 0.817. The van der Waals surface area contributed by atoms with Crippen LogP contribution in [0.25, 0.3) is 0 Å². The molecule has 1 aliphatic heterocycles. The van der Waals surface area contributed by atoms with Gasteiger partial charge in [-0.15, -0.1) is 0 Å². The van der Waals surface area contributed by atoms with Gasteiger partial charge in [-0.1, -0.05) is 60.4 Å². The van der Waals surface area contributed by atoms with Crippen molar-refractivity contribution in [1.29, 1.82) is 0 Å². The fourth-order valence-electron chi connectivity index (χ4n) is 2.17. The molecular weight excluding hydrogens is 342 g/mol. The highest BCUT2D eigenvalue weighted by Gasteiger charge is 2.32. The monoisotopic (exact) mass is 359 g/mol. The van der Waals surface area contributed by atoms with Crippen molar-refractivity contribution in [2.75, 3.05) is 6.61 Å². The van der Waals surface area contributed by atoms with Crippen LogP contribution < -0.4 is 10.1 Å². The fraction of sp³-hybridized carbons (Fsp3) is 0.533. The molecule has 1 amide bonds. The summed E-state index contributed by atoms with van der Waals surface area (Å²) in [7, 11) is 0. The third kappa shape index (κ3) is 3.29. The zero-order valence-electron chi connectivity index (χ0n) is 11.9. The molecule has 0 unspecified atom stereocenters. The van der Waals surface area contributed by atoms with Gasteiger partial charge in [0.2, 0.25) is 5.91 Å². The largest absolute Gasteiger partial charge is 0.492 e. The average Bonchev–Trinajstić information content (AvgIpc) is 2.38. The smallest absolute Gasteiger partial charge is 0.234 e. The molecule has 1 heterocycles. The van der Waals surface area contributed by atoms with Gasteiger partial charge in [0.05, 0.1) is 22.5 Å². The number of benzene rings is 1. The number of carbonyl (C=O) groups excluding carboxylic acids is 1. The number of hydrogen-bond donors (Lipinski definition) is 1. The summed E-state index contributed by atoms with van der Waals surface area (Å²) < 4.78 is 5.60. The first kappa shape index (κ1) is 15.6. The topological polar surface area (TPSA) is 38.3 Å². The molecule has 1 aliphatic rings. The molecule has 2 rings (SSSR count). The summed E-state index contributed by atoms with van der Waals surface area (Å²) in [5, 5.41) is 3.67. The summed E-state index contributed by atoms with van der Waals surface area (Å²) in [6.07, 6.45) is 0.753. The van der Waals surface area contributed by atoms with Gasteiger partial charge in [-0.25, -0.2) is 0 Å². The molecule has 1 N–H and O–H groups in total. The Morgan fingerprint density at radius 2 is 2.20 bits per heavy atom. The molecule has 0 spiro atoms. The molecular formula is C15H19BrClNO2. The Kier molecular flexibility index (Phi) is 4.65. The molecule has 2 atom stereocenters. The number of nitrogens with one attached hydrogen (secondary N) is 1. The van der Waals surface area contributed by atoms with Crippen LogP contribution in [0.15, 0.2) is 18.2 Å². The first-order chi connectivity index (χ1) is 9.30. The maximum absolute atomic E-state index is 12.3. The number of fused-ring (bicyclic) bond motifs is 1. The molecule has 0 aliphatic carbocycles. The van der Waals surface area contributed by atoms with E-state index in [0.717, 1.165) is 12.0 Å². The van der Waals surface area contributed by atoms with Gasteiger partial charge in [0.25, 0.3) is 0 Å². The number of hydrogen-bond acceptors (Lipinski definition) is 2. The van der Waals surface area contributed by atoms with Gasteiger partial charge < -0.3 is 10.1 Å². The number of amides is 1. The van der Waals surface area contributed by atoms with E-state index >= 15 is 0 Å². The lowest BCUT2D eigenvalue weighted by Gasteiger charge is -2.30. The van der Waals surface area contributed by atoms with Gasteiger partial charge >= 0.3 is 0 Å². The highest BCUT2D eigenvalue weighted by molar-refractivity contribution is 9.10. The zero-order chi connectivity index (χ0) is 14.9. The Labute approximate surface area is 133 Å². The normalized spacial score (nSPS) is 19.8. The highest BCUT2D eigenvalue weighted by atomic mass is 79.9. The van der Waals surface area contributed by atoms with Crippen molar-refractivity contribution in [3.8, 4) is 5.75 Å². The summed E-state index contributed by atoms with van der Waals surface area (Å²) in [4.78, 5) is 12.1. The Morgan fingerprint density at radius 1 is 1.50 bits per heavy atom. The van der Waals surface area contributed by atoms with Crippen molar-refractivity contribution >= 4 is 33.4 Å². The van der Waals surface area contributed by atoms with E-state index in [1.54, 1.807) is 6.07 Å². The lowest BCUT2D eigenvalue weighted by Crippen LogP contribution is -2.41. The van der Waals surface area contributed by atoms with Crippen LogP contribution in [0.5, 0.6) is 5.75 Å². The van der Waals surface area contributed by atoms with Crippen molar-refractivity contribution in [3.63, 3.8) is 0 Å². The average molecular weight is 361 g/mol. The number of rotatable bonds is 2. The van der Waals surface area contributed by atoms with E-state index < -0.39 is 0 Å². The van der Waals surface area contributed by atoms with E-state index in [1.807, 2.05) is 32.9 Å². The summed E-state index contributed by atoms with van der Waals surface area (Å²) >= 11 is 9.61. The van der Waals surface area contributed by atoms with E-state index in [2.05, 4.69) is 21.2 Å². The fourth-order valence-corrected chi connectivity index (χ4v) is 2.54. The molecule has 0 aromatic heterocycles. The van der Waals surface area contributed by atoms with E-state index in [-0.39, 0.29) is 22.2 Å². The van der Waals surface area contributed by atoms with Gasteiger partial charge in [-0.05, 0) is 11.5 Å². The van der Waals surface area contributed by atoms with Crippen molar-refractivity contribution in [2.45, 2.75) is 38.1 Å². The van der Waals surface area contributed by atoms with Crippen LogP contribution in [-0.4, -0.2) is 17.3 Å². The summed E-state index contributed by atoms with van der Waals surface area (Å²) in [5.74, 6) is 0.683. The second kappa shape index (κ2) is 5.94. The Bertz CT molecular complexity index is 513. The quantitative estimate of drug-likeness (QED) is 0.807. The predicted octanol–water partition coefficient (Wildman–Crippen LogP) is 4.09. The molecule has 0 saturated carbocycles. The second-order valence-corrected chi connectivity index (χ2v) is 7.41. The minimum atomic E-state index is -0.236. The van der Waals surface area contributed by atoms with Gasteiger partial charge in [0.1, 0.15) is 5.75 Å². The molecule has 20 heavy (non-hydrogen) atoms. The van der Waals surface area contributed by atoms with Crippen molar-refractivity contribution < 1.29 is 9.53 Å². The molecule has 3 nitrogen and oxygen atoms in total. The number of carbonyl (C=O) groups is 1. The molecule has 1 aromatic rings. The zero-order valence-corrected chi connectivity index (χ0v) is 14.2. The van der Waals surface area contributed by atoms with E-state index in [4.69, 9.17) is 16.3 Å². The van der Waals surface area contributed by atoms with Crippen LogP contribution in [0, 0.1) is 5.41 Å². The molecule has 1 aromatic carbocycles. The van der Waals surface area contributed by atoms with Crippen LogP contribution in [0.3, 0.4) is 0 Å².